The van der Waals surface area contributed by atoms with E-state index in [1.807, 2.05) is 12.1 Å². The van der Waals surface area contributed by atoms with Crippen LogP contribution < -0.4 is 5.32 Å². The Morgan fingerprint density at radius 1 is 1.25 bits per heavy atom. The number of carbonyl (C=O) groups excluding carboxylic acids is 2. The molecule has 2 heterocycles. The zero-order valence-corrected chi connectivity index (χ0v) is 13.9. The van der Waals surface area contributed by atoms with Crippen molar-refractivity contribution in [3.8, 4) is 0 Å². The van der Waals surface area contributed by atoms with Crippen LogP contribution in [0.2, 0.25) is 5.02 Å². The lowest BCUT2D eigenvalue weighted by Crippen LogP contribution is -2.56. The van der Waals surface area contributed by atoms with E-state index in [4.69, 9.17) is 11.6 Å². The molecule has 2 saturated heterocycles. The number of aryl methyl sites for hydroxylation is 1. The first kappa shape index (κ1) is 17.1. The summed E-state index contributed by atoms with van der Waals surface area (Å²) in [6.07, 6.45) is 0.460. The van der Waals surface area contributed by atoms with Crippen molar-refractivity contribution in [1.82, 2.24) is 10.2 Å². The number of nitrogens with one attached hydrogen (secondary N) is 1. The van der Waals surface area contributed by atoms with Crippen LogP contribution in [0.15, 0.2) is 24.3 Å². The van der Waals surface area contributed by atoms with E-state index in [2.05, 4.69) is 5.32 Å². The third-order valence-electron chi connectivity index (χ3n) is 4.78. The number of alkyl halides is 2. The molecule has 7 heteroatoms. The number of hydrogen-bond donors (Lipinski definition) is 1. The summed E-state index contributed by atoms with van der Waals surface area (Å²) in [5, 5.41) is 3.22. The van der Waals surface area contributed by atoms with Gasteiger partial charge in [-0.3, -0.25) is 9.59 Å². The highest BCUT2D eigenvalue weighted by atomic mass is 35.5. The van der Waals surface area contributed by atoms with Gasteiger partial charge in [0.15, 0.2) is 0 Å². The van der Waals surface area contributed by atoms with Crippen LogP contribution in [0.25, 0.3) is 0 Å². The smallest absolute Gasteiger partial charge is 0.266 e. The van der Waals surface area contributed by atoms with Crippen LogP contribution in [0.1, 0.15) is 24.8 Å². The molecule has 1 spiro atoms. The summed E-state index contributed by atoms with van der Waals surface area (Å²) in [6.45, 7) is -0.142. The van der Waals surface area contributed by atoms with Crippen molar-refractivity contribution >= 4 is 23.4 Å². The maximum Gasteiger partial charge on any atom is 0.266 e. The molecule has 1 aromatic carbocycles. The second kappa shape index (κ2) is 6.31. The minimum absolute atomic E-state index is 0.0773. The second-order valence-electron chi connectivity index (χ2n) is 6.70. The van der Waals surface area contributed by atoms with Crippen LogP contribution in [-0.4, -0.2) is 42.3 Å². The zero-order chi connectivity index (χ0) is 17.4. The number of benzene rings is 1. The lowest BCUT2D eigenvalue weighted by atomic mass is 9.77. The third kappa shape index (κ3) is 3.53. The molecule has 2 fully saturated rings. The SMILES string of the molecule is O=C(CCc1ccc(Cl)cc1)N1CC(F)(F)C[C@@]2(CCNC2=O)C1. The van der Waals surface area contributed by atoms with Gasteiger partial charge in [-0.05, 0) is 30.5 Å². The van der Waals surface area contributed by atoms with Gasteiger partial charge in [0.25, 0.3) is 5.92 Å². The minimum atomic E-state index is -3.03. The predicted molar refractivity (Wildman–Crippen MR) is 86.0 cm³/mol. The van der Waals surface area contributed by atoms with Gasteiger partial charge >= 0.3 is 0 Å². The van der Waals surface area contributed by atoms with E-state index >= 15 is 0 Å². The first-order valence-corrected chi connectivity index (χ1v) is 8.36. The molecule has 0 radical (unpaired) electrons. The molecule has 2 amide bonds. The Morgan fingerprint density at radius 3 is 2.58 bits per heavy atom. The van der Waals surface area contributed by atoms with Crippen molar-refractivity contribution in [2.45, 2.75) is 31.6 Å². The molecule has 24 heavy (non-hydrogen) atoms. The summed E-state index contributed by atoms with van der Waals surface area (Å²) in [5.41, 5.74) is -0.220. The Bertz CT molecular complexity index is 650. The van der Waals surface area contributed by atoms with Gasteiger partial charge in [0.05, 0.1) is 12.0 Å². The van der Waals surface area contributed by atoms with Crippen LogP contribution in [0.5, 0.6) is 0 Å². The van der Waals surface area contributed by atoms with Crippen molar-refractivity contribution in [3.05, 3.63) is 34.9 Å². The average molecular weight is 357 g/mol. The lowest BCUT2D eigenvalue weighted by Gasteiger charge is -2.42. The van der Waals surface area contributed by atoms with Gasteiger partial charge in [0.2, 0.25) is 11.8 Å². The number of carbonyl (C=O) groups is 2. The first-order chi connectivity index (χ1) is 11.3. The quantitative estimate of drug-likeness (QED) is 0.905. The van der Waals surface area contributed by atoms with E-state index in [1.165, 1.54) is 0 Å². The molecule has 1 atom stereocenters. The Morgan fingerprint density at radius 2 is 1.96 bits per heavy atom. The number of halogens is 3. The zero-order valence-electron chi connectivity index (χ0n) is 13.2. The second-order valence-corrected chi connectivity index (χ2v) is 7.13. The molecular weight excluding hydrogens is 338 g/mol. The Balaban J connectivity index is 1.67. The monoisotopic (exact) mass is 356 g/mol. The highest BCUT2D eigenvalue weighted by Gasteiger charge is 2.55. The van der Waals surface area contributed by atoms with Crippen LogP contribution in [0.4, 0.5) is 8.78 Å². The van der Waals surface area contributed by atoms with Crippen molar-refractivity contribution in [2.24, 2.45) is 5.41 Å². The van der Waals surface area contributed by atoms with E-state index in [9.17, 15) is 18.4 Å². The molecule has 0 aromatic heterocycles. The molecular formula is C17H19ClF2N2O2. The van der Waals surface area contributed by atoms with Crippen molar-refractivity contribution in [1.29, 1.82) is 0 Å². The predicted octanol–water partition coefficient (Wildman–Crippen LogP) is 2.65. The maximum absolute atomic E-state index is 14.1. The fourth-order valence-electron chi connectivity index (χ4n) is 3.58. The number of hydrogen-bond acceptors (Lipinski definition) is 2. The number of piperidine rings is 1. The van der Waals surface area contributed by atoms with E-state index in [0.717, 1.165) is 10.5 Å². The van der Waals surface area contributed by atoms with E-state index in [0.29, 0.717) is 24.4 Å². The first-order valence-electron chi connectivity index (χ1n) is 7.98. The van der Waals surface area contributed by atoms with Gasteiger partial charge in [-0.2, -0.15) is 0 Å². The molecule has 4 nitrogen and oxygen atoms in total. The topological polar surface area (TPSA) is 49.4 Å². The Labute approximate surface area is 144 Å². The molecule has 0 aliphatic carbocycles. The van der Waals surface area contributed by atoms with E-state index in [-0.39, 0.29) is 24.8 Å². The normalized spacial score (nSPS) is 25.8. The van der Waals surface area contributed by atoms with Gasteiger partial charge in [-0.15, -0.1) is 0 Å². The number of amides is 2. The van der Waals surface area contributed by atoms with E-state index < -0.39 is 24.3 Å². The largest absolute Gasteiger partial charge is 0.356 e. The van der Waals surface area contributed by atoms with Crippen LogP contribution in [0.3, 0.4) is 0 Å². The Hall–Kier alpha value is -1.69. The van der Waals surface area contributed by atoms with Crippen LogP contribution in [-0.2, 0) is 16.0 Å². The highest BCUT2D eigenvalue weighted by Crippen LogP contribution is 2.43. The molecule has 1 N–H and O–H groups in total. The fraction of sp³-hybridized carbons (Fsp3) is 0.529. The molecule has 3 rings (SSSR count). The van der Waals surface area contributed by atoms with Crippen molar-refractivity contribution in [2.75, 3.05) is 19.6 Å². The van der Waals surface area contributed by atoms with Gasteiger partial charge in [-0.25, -0.2) is 8.78 Å². The highest BCUT2D eigenvalue weighted by molar-refractivity contribution is 6.30. The molecule has 2 aliphatic heterocycles. The number of rotatable bonds is 3. The standard InChI is InChI=1S/C17H19ClF2N2O2/c18-13-4-1-12(2-5-13)3-6-14(23)22-10-16(7-8-21-15(16)24)9-17(19,20)11-22/h1-2,4-5H,3,6-11H2,(H,21,24)/t16-/m0/s1. The fourth-order valence-corrected chi connectivity index (χ4v) is 3.71. The van der Waals surface area contributed by atoms with Crippen molar-refractivity contribution in [3.63, 3.8) is 0 Å². The summed E-state index contributed by atoms with van der Waals surface area (Å²) in [7, 11) is 0. The van der Waals surface area contributed by atoms with Gasteiger partial charge in [0.1, 0.15) is 0 Å². The van der Waals surface area contributed by atoms with E-state index in [1.54, 1.807) is 12.1 Å². The minimum Gasteiger partial charge on any atom is -0.356 e. The summed E-state index contributed by atoms with van der Waals surface area (Å²) < 4.78 is 28.2. The maximum atomic E-state index is 14.1. The summed E-state index contributed by atoms with van der Waals surface area (Å²) in [5.74, 6) is -3.74. The molecule has 0 saturated carbocycles. The van der Waals surface area contributed by atoms with Gasteiger partial charge in [0, 0.05) is 31.0 Å². The Kier molecular flexibility index (Phi) is 4.51. The molecule has 2 aliphatic rings. The number of nitrogens with zero attached hydrogens (tertiary/aromatic N) is 1. The molecule has 1 aromatic rings. The lowest BCUT2D eigenvalue weighted by molar-refractivity contribution is -0.160. The summed E-state index contributed by atoms with van der Waals surface area (Å²) in [4.78, 5) is 25.6. The van der Waals surface area contributed by atoms with Gasteiger partial charge < -0.3 is 10.2 Å². The summed E-state index contributed by atoms with van der Waals surface area (Å²) in [6, 6.07) is 7.08. The van der Waals surface area contributed by atoms with Crippen molar-refractivity contribution < 1.29 is 18.4 Å². The molecule has 0 bridgehead atoms. The molecule has 130 valence electrons. The van der Waals surface area contributed by atoms with Gasteiger partial charge in [-0.1, -0.05) is 23.7 Å². The van der Waals surface area contributed by atoms with Crippen LogP contribution >= 0.6 is 11.6 Å². The average Bonchev–Trinajstić information content (AvgIpc) is 2.84. The number of likely N-dealkylation sites (tertiary alicyclic amines) is 1. The summed E-state index contributed by atoms with van der Waals surface area (Å²) >= 11 is 5.81. The molecule has 0 unspecified atom stereocenters. The van der Waals surface area contributed by atoms with Crippen LogP contribution in [0, 0.1) is 5.41 Å². The third-order valence-corrected chi connectivity index (χ3v) is 5.03.